The SMILES string of the molecule is C[C@@H](c1cccc([N+](=O)[O-])c1)N(C)C(=O)c1cccc(S(=O)(=O)N2CCCC2)c1. The van der Waals surface area contributed by atoms with Crippen LogP contribution in [0.15, 0.2) is 53.4 Å². The van der Waals surface area contributed by atoms with Crippen LogP contribution >= 0.6 is 0 Å². The second-order valence-electron chi connectivity index (χ2n) is 7.08. The van der Waals surface area contributed by atoms with Crippen molar-refractivity contribution in [3.63, 3.8) is 0 Å². The molecule has 0 aromatic heterocycles. The van der Waals surface area contributed by atoms with Gasteiger partial charge in [-0.1, -0.05) is 18.2 Å². The molecule has 29 heavy (non-hydrogen) atoms. The van der Waals surface area contributed by atoms with Crippen LogP contribution in [-0.2, 0) is 10.0 Å². The zero-order valence-corrected chi connectivity index (χ0v) is 17.1. The standard InChI is InChI=1S/C20H23N3O5S/c1-15(16-7-5-9-18(13-16)23(25)26)21(2)20(24)17-8-6-10-19(14-17)29(27,28)22-11-3-4-12-22/h5-10,13-15H,3-4,11-12H2,1-2H3/t15-/m0/s1. The molecular formula is C20H23N3O5S. The Morgan fingerprint density at radius 1 is 1.14 bits per heavy atom. The van der Waals surface area contributed by atoms with E-state index in [-0.39, 0.29) is 22.1 Å². The van der Waals surface area contributed by atoms with Gasteiger partial charge in [-0.15, -0.1) is 0 Å². The summed E-state index contributed by atoms with van der Waals surface area (Å²) in [5, 5.41) is 11.0. The van der Waals surface area contributed by atoms with Gasteiger partial charge in [0.15, 0.2) is 0 Å². The Morgan fingerprint density at radius 3 is 2.45 bits per heavy atom. The summed E-state index contributed by atoms with van der Waals surface area (Å²) >= 11 is 0. The first kappa shape index (κ1) is 20.9. The molecule has 0 unspecified atom stereocenters. The molecule has 8 nitrogen and oxygen atoms in total. The smallest absolute Gasteiger partial charge is 0.269 e. The van der Waals surface area contributed by atoms with Gasteiger partial charge in [-0.05, 0) is 43.5 Å². The Kier molecular flexibility index (Phi) is 5.99. The van der Waals surface area contributed by atoms with Crippen molar-refractivity contribution in [1.29, 1.82) is 0 Å². The molecule has 1 atom stereocenters. The van der Waals surface area contributed by atoms with Crippen molar-refractivity contribution in [1.82, 2.24) is 9.21 Å². The average molecular weight is 417 g/mol. The minimum absolute atomic E-state index is 0.0473. The van der Waals surface area contributed by atoms with Crippen LogP contribution in [0.4, 0.5) is 5.69 Å². The Bertz CT molecular complexity index is 1030. The molecule has 1 aliphatic heterocycles. The van der Waals surface area contributed by atoms with Crippen molar-refractivity contribution in [2.45, 2.75) is 30.7 Å². The van der Waals surface area contributed by atoms with Gasteiger partial charge in [-0.3, -0.25) is 14.9 Å². The molecule has 3 rings (SSSR count). The number of benzene rings is 2. The van der Waals surface area contributed by atoms with Crippen LogP contribution in [0.3, 0.4) is 0 Å². The molecule has 0 N–H and O–H groups in total. The lowest BCUT2D eigenvalue weighted by molar-refractivity contribution is -0.384. The average Bonchev–Trinajstić information content (AvgIpc) is 3.28. The van der Waals surface area contributed by atoms with Gasteiger partial charge in [0.2, 0.25) is 10.0 Å². The highest BCUT2D eigenvalue weighted by atomic mass is 32.2. The molecule has 1 heterocycles. The van der Waals surface area contributed by atoms with E-state index < -0.39 is 21.0 Å². The van der Waals surface area contributed by atoms with Crippen LogP contribution < -0.4 is 0 Å². The normalized spacial score (nSPS) is 15.8. The highest BCUT2D eigenvalue weighted by Gasteiger charge is 2.28. The van der Waals surface area contributed by atoms with Crippen LogP contribution in [0, 0.1) is 10.1 Å². The van der Waals surface area contributed by atoms with Crippen molar-refractivity contribution < 1.29 is 18.1 Å². The molecule has 0 saturated carbocycles. The van der Waals surface area contributed by atoms with Crippen LogP contribution in [0.1, 0.15) is 41.7 Å². The Morgan fingerprint density at radius 2 is 1.79 bits per heavy atom. The van der Waals surface area contributed by atoms with Crippen LogP contribution in [0.25, 0.3) is 0 Å². The number of hydrogen-bond acceptors (Lipinski definition) is 5. The van der Waals surface area contributed by atoms with Gasteiger partial charge >= 0.3 is 0 Å². The molecule has 0 bridgehead atoms. The maximum absolute atomic E-state index is 13.0. The molecule has 1 fully saturated rings. The number of nitro benzene ring substituents is 1. The molecule has 154 valence electrons. The van der Waals surface area contributed by atoms with E-state index in [9.17, 15) is 23.3 Å². The van der Waals surface area contributed by atoms with E-state index in [0.29, 0.717) is 18.7 Å². The third-order valence-corrected chi connectivity index (χ3v) is 7.14. The zero-order valence-electron chi connectivity index (χ0n) is 16.3. The van der Waals surface area contributed by atoms with E-state index in [1.165, 1.54) is 33.5 Å². The third-order valence-electron chi connectivity index (χ3n) is 5.25. The summed E-state index contributed by atoms with van der Waals surface area (Å²) in [5.74, 6) is -0.359. The fourth-order valence-corrected chi connectivity index (χ4v) is 4.93. The highest BCUT2D eigenvalue weighted by molar-refractivity contribution is 7.89. The van der Waals surface area contributed by atoms with E-state index >= 15 is 0 Å². The summed E-state index contributed by atoms with van der Waals surface area (Å²) in [5.41, 5.74) is 0.829. The van der Waals surface area contributed by atoms with Crippen molar-refractivity contribution in [2.24, 2.45) is 0 Å². The fourth-order valence-electron chi connectivity index (χ4n) is 3.37. The van der Waals surface area contributed by atoms with E-state index in [1.807, 2.05) is 0 Å². The van der Waals surface area contributed by atoms with Gasteiger partial charge in [0.05, 0.1) is 15.9 Å². The Balaban J connectivity index is 1.84. The van der Waals surface area contributed by atoms with Crippen LogP contribution in [-0.4, -0.2) is 48.6 Å². The lowest BCUT2D eigenvalue weighted by Gasteiger charge is -2.25. The molecule has 0 spiro atoms. The molecular weight excluding hydrogens is 394 g/mol. The number of carbonyl (C=O) groups is 1. The molecule has 1 aliphatic rings. The first-order valence-electron chi connectivity index (χ1n) is 9.33. The Labute approximate surface area is 169 Å². The number of sulfonamides is 1. The second kappa shape index (κ2) is 8.30. The topological polar surface area (TPSA) is 101 Å². The molecule has 1 saturated heterocycles. The Hall–Kier alpha value is -2.78. The monoisotopic (exact) mass is 417 g/mol. The predicted octanol–water partition coefficient (Wildman–Crippen LogP) is 3.21. The van der Waals surface area contributed by atoms with Gasteiger partial charge in [0.25, 0.3) is 11.6 Å². The summed E-state index contributed by atoms with van der Waals surface area (Å²) in [7, 11) is -2.03. The van der Waals surface area contributed by atoms with Gasteiger partial charge in [0.1, 0.15) is 0 Å². The quantitative estimate of drug-likeness (QED) is 0.531. The minimum Gasteiger partial charge on any atom is -0.335 e. The lowest BCUT2D eigenvalue weighted by Crippen LogP contribution is -2.30. The molecule has 9 heteroatoms. The molecule has 0 aliphatic carbocycles. The number of nitrogens with zero attached hydrogens (tertiary/aromatic N) is 3. The first-order chi connectivity index (χ1) is 13.7. The number of amides is 1. The van der Waals surface area contributed by atoms with Crippen molar-refractivity contribution in [3.05, 3.63) is 69.8 Å². The van der Waals surface area contributed by atoms with Crippen LogP contribution in [0.5, 0.6) is 0 Å². The summed E-state index contributed by atoms with van der Waals surface area (Å²) in [6.45, 7) is 2.75. The largest absolute Gasteiger partial charge is 0.335 e. The molecule has 2 aromatic carbocycles. The first-order valence-corrected chi connectivity index (χ1v) is 10.8. The molecule has 1 amide bonds. The number of nitro groups is 1. The van der Waals surface area contributed by atoms with E-state index in [1.54, 1.807) is 38.2 Å². The highest BCUT2D eigenvalue weighted by Crippen LogP contribution is 2.26. The zero-order chi connectivity index (χ0) is 21.2. The summed E-state index contributed by atoms with van der Waals surface area (Å²) < 4.78 is 27.0. The van der Waals surface area contributed by atoms with E-state index in [2.05, 4.69) is 0 Å². The van der Waals surface area contributed by atoms with Crippen molar-refractivity contribution in [3.8, 4) is 0 Å². The van der Waals surface area contributed by atoms with Crippen molar-refractivity contribution >= 4 is 21.6 Å². The second-order valence-corrected chi connectivity index (χ2v) is 9.02. The maximum atomic E-state index is 13.0. The van der Waals surface area contributed by atoms with Crippen LogP contribution in [0.2, 0.25) is 0 Å². The van der Waals surface area contributed by atoms with Gasteiger partial charge in [-0.2, -0.15) is 4.31 Å². The van der Waals surface area contributed by atoms with E-state index in [4.69, 9.17) is 0 Å². The summed E-state index contributed by atoms with van der Waals surface area (Å²) in [6, 6.07) is 11.7. The molecule has 0 radical (unpaired) electrons. The molecule has 2 aromatic rings. The van der Waals surface area contributed by atoms with Gasteiger partial charge < -0.3 is 4.90 Å². The number of non-ortho nitro benzene ring substituents is 1. The number of rotatable bonds is 6. The number of carbonyl (C=O) groups excluding carboxylic acids is 1. The van der Waals surface area contributed by atoms with E-state index in [0.717, 1.165) is 12.8 Å². The van der Waals surface area contributed by atoms with Crippen molar-refractivity contribution in [2.75, 3.05) is 20.1 Å². The third kappa shape index (κ3) is 4.30. The van der Waals surface area contributed by atoms with Gasteiger partial charge in [0, 0.05) is 37.8 Å². The number of hydrogen-bond donors (Lipinski definition) is 0. The fraction of sp³-hybridized carbons (Fsp3) is 0.350. The lowest BCUT2D eigenvalue weighted by atomic mass is 10.1. The maximum Gasteiger partial charge on any atom is 0.269 e. The summed E-state index contributed by atoms with van der Waals surface area (Å²) in [4.78, 5) is 25.0. The minimum atomic E-state index is -3.62. The van der Waals surface area contributed by atoms with Gasteiger partial charge in [-0.25, -0.2) is 8.42 Å². The summed E-state index contributed by atoms with van der Waals surface area (Å²) in [6.07, 6.45) is 1.67. The predicted molar refractivity (Wildman–Crippen MR) is 108 cm³/mol.